The highest BCUT2D eigenvalue weighted by Crippen LogP contribution is 2.25. The molecule has 3 rings (SSSR count). The molecule has 0 aliphatic carbocycles. The fourth-order valence-corrected chi connectivity index (χ4v) is 3.10. The number of hydrogen-bond acceptors (Lipinski definition) is 4. The molecule has 1 amide bonds. The van der Waals surface area contributed by atoms with Crippen LogP contribution in [0.1, 0.15) is 45.6 Å². The van der Waals surface area contributed by atoms with Crippen molar-refractivity contribution in [2.75, 3.05) is 13.1 Å². The third-order valence-corrected chi connectivity index (χ3v) is 4.42. The van der Waals surface area contributed by atoms with Gasteiger partial charge in [0.2, 0.25) is 5.91 Å². The Hall–Kier alpha value is -2.69. The lowest BCUT2D eigenvalue weighted by Crippen LogP contribution is -2.38. The van der Waals surface area contributed by atoms with Crippen LogP contribution in [0.4, 0.5) is 0 Å². The van der Waals surface area contributed by atoms with Crippen LogP contribution >= 0.6 is 0 Å². The second-order valence-electron chi connectivity index (χ2n) is 8.13. The van der Waals surface area contributed by atoms with Crippen molar-refractivity contribution in [2.45, 2.75) is 40.0 Å². The van der Waals surface area contributed by atoms with Crippen LogP contribution in [0.5, 0.6) is 11.8 Å². The summed E-state index contributed by atoms with van der Waals surface area (Å²) in [5.41, 5.74) is 2.49. The Labute approximate surface area is 161 Å². The van der Waals surface area contributed by atoms with Gasteiger partial charge in [0, 0.05) is 31.9 Å². The predicted octanol–water partition coefficient (Wildman–Crippen LogP) is 4.71. The molecule has 0 radical (unpaired) electrons. The van der Waals surface area contributed by atoms with Gasteiger partial charge in [0.15, 0.2) is 0 Å². The summed E-state index contributed by atoms with van der Waals surface area (Å²) in [6.07, 6.45) is 7.95. The number of hydrogen-bond donors (Lipinski definition) is 0. The van der Waals surface area contributed by atoms with Gasteiger partial charge in [-0.3, -0.25) is 4.79 Å². The topological polar surface area (TPSA) is 55.3 Å². The first-order valence-corrected chi connectivity index (χ1v) is 9.41. The summed E-state index contributed by atoms with van der Waals surface area (Å²) in [6.45, 7) is 7.92. The van der Waals surface area contributed by atoms with E-state index in [0.717, 1.165) is 31.5 Å². The molecule has 1 aliphatic rings. The third kappa shape index (κ3) is 5.91. The van der Waals surface area contributed by atoms with Crippen LogP contribution in [0.2, 0.25) is 0 Å². The molecule has 27 heavy (non-hydrogen) atoms. The number of carbonyl (C=O) groups is 1. The first-order valence-electron chi connectivity index (χ1n) is 9.41. The summed E-state index contributed by atoms with van der Waals surface area (Å²) < 4.78 is 5.70. The highest BCUT2D eigenvalue weighted by molar-refractivity contribution is 5.77. The van der Waals surface area contributed by atoms with Crippen molar-refractivity contribution in [3.05, 3.63) is 53.9 Å². The molecule has 0 N–H and O–H groups in total. The van der Waals surface area contributed by atoms with Gasteiger partial charge in [-0.2, -0.15) is 0 Å². The maximum atomic E-state index is 12.4. The zero-order chi connectivity index (χ0) is 19.3. The zero-order valence-corrected chi connectivity index (χ0v) is 16.3. The lowest BCUT2D eigenvalue weighted by Gasteiger charge is -2.31. The zero-order valence-electron chi connectivity index (χ0n) is 16.3. The average Bonchev–Trinajstić information content (AvgIpc) is 2.62. The molecule has 1 aromatic heterocycles. The van der Waals surface area contributed by atoms with Crippen LogP contribution < -0.4 is 4.74 Å². The van der Waals surface area contributed by atoms with Crippen LogP contribution in [0, 0.1) is 5.41 Å². The lowest BCUT2D eigenvalue weighted by molar-refractivity contribution is -0.133. The second-order valence-corrected chi connectivity index (χ2v) is 8.13. The summed E-state index contributed by atoms with van der Waals surface area (Å²) in [7, 11) is 0. The number of rotatable bonds is 4. The van der Waals surface area contributed by atoms with E-state index < -0.39 is 0 Å². The van der Waals surface area contributed by atoms with Gasteiger partial charge in [-0.25, -0.2) is 9.97 Å². The fourth-order valence-electron chi connectivity index (χ4n) is 3.10. The minimum atomic E-state index is 0.0378. The maximum Gasteiger partial charge on any atom is 0.321 e. The molecule has 0 spiro atoms. The number of aromatic nitrogens is 2. The van der Waals surface area contributed by atoms with Gasteiger partial charge >= 0.3 is 6.01 Å². The summed E-state index contributed by atoms with van der Waals surface area (Å²) in [6, 6.07) is 10.0. The highest BCUT2D eigenvalue weighted by Gasteiger charge is 2.23. The van der Waals surface area contributed by atoms with Crippen molar-refractivity contribution in [3.8, 4) is 11.8 Å². The van der Waals surface area contributed by atoms with Crippen molar-refractivity contribution in [1.29, 1.82) is 0 Å². The Morgan fingerprint density at radius 3 is 2.52 bits per heavy atom. The Kier molecular flexibility index (Phi) is 5.89. The number of ether oxygens (including phenoxy) is 1. The molecule has 5 heteroatoms. The van der Waals surface area contributed by atoms with Gasteiger partial charge in [-0.1, -0.05) is 44.6 Å². The van der Waals surface area contributed by atoms with E-state index in [0.29, 0.717) is 18.2 Å². The molecule has 2 aromatic rings. The summed E-state index contributed by atoms with van der Waals surface area (Å²) >= 11 is 0. The molecule has 5 nitrogen and oxygen atoms in total. The molecule has 2 heterocycles. The first kappa shape index (κ1) is 19.1. The minimum Gasteiger partial charge on any atom is -0.424 e. The number of nitrogens with zero attached hydrogens (tertiary/aromatic N) is 3. The number of carbonyl (C=O) groups excluding carboxylic acids is 1. The molecule has 1 aliphatic heterocycles. The van der Waals surface area contributed by atoms with E-state index in [1.807, 2.05) is 23.1 Å². The molecule has 0 unspecified atom stereocenters. The van der Waals surface area contributed by atoms with Crippen molar-refractivity contribution in [2.24, 2.45) is 5.41 Å². The van der Waals surface area contributed by atoms with Gasteiger partial charge < -0.3 is 9.64 Å². The van der Waals surface area contributed by atoms with Crippen LogP contribution in [-0.2, 0) is 4.79 Å². The number of piperidine rings is 1. The van der Waals surface area contributed by atoms with Crippen molar-refractivity contribution in [3.63, 3.8) is 0 Å². The van der Waals surface area contributed by atoms with E-state index in [-0.39, 0.29) is 11.3 Å². The molecular formula is C22H27N3O2. The van der Waals surface area contributed by atoms with Gasteiger partial charge in [-0.15, -0.1) is 0 Å². The second kappa shape index (κ2) is 8.33. The van der Waals surface area contributed by atoms with E-state index >= 15 is 0 Å². The van der Waals surface area contributed by atoms with Crippen molar-refractivity contribution < 1.29 is 9.53 Å². The van der Waals surface area contributed by atoms with E-state index in [2.05, 4.69) is 42.9 Å². The highest BCUT2D eigenvalue weighted by atomic mass is 16.5. The molecule has 0 saturated carbocycles. The molecule has 1 aromatic carbocycles. The maximum absolute atomic E-state index is 12.4. The predicted molar refractivity (Wildman–Crippen MR) is 106 cm³/mol. The van der Waals surface area contributed by atoms with E-state index in [4.69, 9.17) is 4.74 Å². The Bertz CT molecular complexity index is 800. The monoisotopic (exact) mass is 365 g/mol. The summed E-state index contributed by atoms with van der Waals surface area (Å²) in [4.78, 5) is 22.5. The van der Waals surface area contributed by atoms with Crippen molar-refractivity contribution >= 4 is 12.0 Å². The summed E-state index contributed by atoms with van der Waals surface area (Å²) in [5, 5.41) is 0. The summed E-state index contributed by atoms with van der Waals surface area (Å²) in [5.74, 6) is 0.980. The number of likely N-dealkylation sites (tertiary alicyclic amines) is 1. The van der Waals surface area contributed by atoms with E-state index in [9.17, 15) is 4.79 Å². The molecule has 0 atom stereocenters. The van der Waals surface area contributed by atoms with Crippen LogP contribution in [0.25, 0.3) is 6.08 Å². The van der Waals surface area contributed by atoms with Gasteiger partial charge in [-0.05, 0) is 42.0 Å². The Morgan fingerprint density at radius 1 is 1.15 bits per heavy atom. The van der Waals surface area contributed by atoms with E-state index in [1.165, 1.54) is 5.57 Å². The molecule has 0 bridgehead atoms. The first-order chi connectivity index (χ1) is 12.9. The minimum absolute atomic E-state index is 0.0378. The standard InChI is InChI=1S/C22H27N3O2/c1-22(2,3)16-20(26)25-12-8-17(9-13-25)14-18-6-4-7-19(15-18)27-21-23-10-5-11-24-21/h4-7,10-11,14-15H,8-9,12-13,16H2,1-3H3. The largest absolute Gasteiger partial charge is 0.424 e. The number of amides is 1. The van der Waals surface area contributed by atoms with Gasteiger partial charge in [0.1, 0.15) is 5.75 Å². The number of benzene rings is 1. The lowest BCUT2D eigenvalue weighted by atomic mass is 9.91. The molecular weight excluding hydrogens is 338 g/mol. The van der Waals surface area contributed by atoms with E-state index in [1.54, 1.807) is 18.5 Å². The third-order valence-electron chi connectivity index (χ3n) is 4.42. The quantitative estimate of drug-likeness (QED) is 0.787. The average molecular weight is 365 g/mol. The van der Waals surface area contributed by atoms with Crippen LogP contribution in [0.3, 0.4) is 0 Å². The van der Waals surface area contributed by atoms with Gasteiger partial charge in [0.25, 0.3) is 0 Å². The molecule has 1 fully saturated rings. The van der Waals surface area contributed by atoms with Crippen LogP contribution in [0.15, 0.2) is 48.3 Å². The Balaban J connectivity index is 1.60. The molecule has 1 saturated heterocycles. The molecule has 142 valence electrons. The van der Waals surface area contributed by atoms with Gasteiger partial charge in [0.05, 0.1) is 0 Å². The normalized spacial score (nSPS) is 14.8. The SMILES string of the molecule is CC(C)(C)CC(=O)N1CCC(=Cc2cccc(Oc3ncccn3)c2)CC1. The van der Waals surface area contributed by atoms with Crippen LogP contribution in [-0.4, -0.2) is 33.9 Å². The smallest absolute Gasteiger partial charge is 0.321 e. The Morgan fingerprint density at radius 2 is 1.85 bits per heavy atom. The fraction of sp³-hybridized carbons (Fsp3) is 0.409. The van der Waals surface area contributed by atoms with Crippen molar-refractivity contribution in [1.82, 2.24) is 14.9 Å².